The van der Waals surface area contributed by atoms with Crippen molar-refractivity contribution in [2.75, 3.05) is 0 Å². The zero-order valence-corrected chi connectivity index (χ0v) is 18.3. The van der Waals surface area contributed by atoms with Crippen LogP contribution in [0.5, 0.6) is 0 Å². The summed E-state index contributed by atoms with van der Waals surface area (Å²) in [6, 6.07) is 20.2. The monoisotopic (exact) mass is 420 g/mol. The van der Waals surface area contributed by atoms with Gasteiger partial charge in [-0.25, -0.2) is 0 Å². The molecule has 28 heavy (non-hydrogen) atoms. The highest BCUT2D eigenvalue weighted by atomic mass is 32.1. The maximum absolute atomic E-state index is 7.83. The predicted molar refractivity (Wildman–Crippen MR) is 120 cm³/mol. The molecular weight excluding hydrogens is 392 g/mol. The van der Waals surface area contributed by atoms with Gasteiger partial charge in [0.1, 0.15) is 0 Å². The lowest BCUT2D eigenvalue weighted by atomic mass is 10.2. The van der Waals surface area contributed by atoms with Crippen molar-refractivity contribution in [2.45, 2.75) is 39.9 Å². The Kier molecular flexibility index (Phi) is 20.7. The summed E-state index contributed by atoms with van der Waals surface area (Å²) >= 11 is 5.67. The van der Waals surface area contributed by atoms with Gasteiger partial charge < -0.3 is 9.47 Å². The second-order valence-electron chi connectivity index (χ2n) is 5.80. The van der Waals surface area contributed by atoms with Gasteiger partial charge in [0.15, 0.2) is 25.1 Å². The number of hydrogen-bond acceptors (Lipinski definition) is 6. The highest BCUT2D eigenvalue weighted by molar-refractivity contribution is 7.44. The van der Waals surface area contributed by atoms with Crippen LogP contribution in [0.4, 0.5) is 0 Å². The maximum atomic E-state index is 7.83. The van der Waals surface area contributed by atoms with Crippen LogP contribution < -0.4 is 0 Å². The van der Waals surface area contributed by atoms with Gasteiger partial charge in [-0.2, -0.15) is 8.42 Å². The Morgan fingerprint density at radius 1 is 0.607 bits per heavy atom. The number of ether oxygens (including phenoxy) is 2. The highest BCUT2D eigenvalue weighted by Crippen LogP contribution is 2.02. The summed E-state index contributed by atoms with van der Waals surface area (Å²) in [6.45, 7) is 8.04. The molecule has 0 aliphatic carbocycles. The van der Waals surface area contributed by atoms with Gasteiger partial charge in [0.2, 0.25) is 0 Å². The van der Waals surface area contributed by atoms with Gasteiger partial charge in [0, 0.05) is 0 Å². The molecule has 2 rings (SSSR count). The molecule has 0 fully saturated rings. The van der Waals surface area contributed by atoms with E-state index in [1.807, 2.05) is 101 Å². The first kappa shape index (κ1) is 27.8. The maximum Gasteiger partial charge on any atom is 0.197 e. The minimum atomic E-state index is 0.255. The molecule has 0 saturated carbocycles. The largest absolute Gasteiger partial charge is 0.499 e. The van der Waals surface area contributed by atoms with Crippen LogP contribution in [0.25, 0.3) is 12.2 Å². The molecule has 2 aromatic carbocycles. The van der Waals surface area contributed by atoms with Crippen molar-refractivity contribution in [3.63, 3.8) is 0 Å². The predicted octanol–water partition coefficient (Wildman–Crippen LogP) is 5.49. The van der Waals surface area contributed by atoms with Crippen molar-refractivity contribution in [1.82, 2.24) is 0 Å². The van der Waals surface area contributed by atoms with Crippen molar-refractivity contribution in [1.29, 1.82) is 0 Å². The molecule has 0 aliphatic heterocycles. The molecule has 152 valence electrons. The molecule has 0 spiro atoms. The van der Waals surface area contributed by atoms with E-state index in [1.165, 1.54) is 0 Å². The topological polar surface area (TPSA) is 52.6 Å². The van der Waals surface area contributed by atoms with Crippen molar-refractivity contribution in [3.8, 4) is 0 Å². The van der Waals surface area contributed by atoms with Crippen molar-refractivity contribution < 1.29 is 17.9 Å². The summed E-state index contributed by atoms with van der Waals surface area (Å²) in [6.07, 6.45) is 7.90. The lowest BCUT2D eigenvalue weighted by Crippen LogP contribution is -1.94. The smallest absolute Gasteiger partial charge is 0.197 e. The second kappa shape index (κ2) is 20.9. The minimum absolute atomic E-state index is 0.255. The van der Waals surface area contributed by atoms with Gasteiger partial charge in [-0.1, -0.05) is 60.7 Å². The SMILES string of the molecule is CC(C)O/C=C/c1ccccc1.CC(C)O/C=C\c1ccccc1.O=S.O=S. The zero-order chi connectivity index (χ0) is 21.6. The molecule has 0 radical (unpaired) electrons. The van der Waals surface area contributed by atoms with E-state index in [-0.39, 0.29) is 12.2 Å². The van der Waals surface area contributed by atoms with E-state index in [0.29, 0.717) is 0 Å². The first-order valence-corrected chi connectivity index (χ1v) is 9.32. The fraction of sp³-hybridized carbons (Fsp3) is 0.273. The third-order valence-corrected chi connectivity index (χ3v) is 2.82. The van der Waals surface area contributed by atoms with E-state index in [4.69, 9.17) is 17.9 Å². The Morgan fingerprint density at radius 2 is 0.893 bits per heavy atom. The normalized spacial score (nSPS) is 9.64. The summed E-state index contributed by atoms with van der Waals surface area (Å²) in [4.78, 5) is 0. The van der Waals surface area contributed by atoms with Crippen LogP contribution in [-0.4, -0.2) is 20.6 Å². The highest BCUT2D eigenvalue weighted by Gasteiger charge is 1.87. The van der Waals surface area contributed by atoms with Crippen LogP contribution in [0, 0.1) is 0 Å². The molecule has 0 bridgehead atoms. The fourth-order valence-electron chi connectivity index (χ4n) is 1.68. The van der Waals surface area contributed by atoms with Crippen LogP contribution in [0.3, 0.4) is 0 Å². The first-order chi connectivity index (χ1) is 13.6. The van der Waals surface area contributed by atoms with Crippen molar-refractivity contribution in [2.24, 2.45) is 0 Å². The lowest BCUT2D eigenvalue weighted by Gasteiger charge is -2.02. The number of benzene rings is 2. The molecule has 0 saturated heterocycles. The first-order valence-electron chi connectivity index (χ1n) is 8.65. The van der Waals surface area contributed by atoms with E-state index in [9.17, 15) is 0 Å². The van der Waals surface area contributed by atoms with Crippen molar-refractivity contribution in [3.05, 3.63) is 84.3 Å². The summed E-state index contributed by atoms with van der Waals surface area (Å²) < 4.78 is 26.2. The van der Waals surface area contributed by atoms with E-state index >= 15 is 0 Å². The fourth-order valence-corrected chi connectivity index (χ4v) is 1.68. The Hall–Kier alpha value is -2.44. The summed E-state index contributed by atoms with van der Waals surface area (Å²) in [7, 11) is 0. The van der Waals surface area contributed by atoms with Gasteiger partial charge in [-0.3, -0.25) is 0 Å². The summed E-state index contributed by atoms with van der Waals surface area (Å²) in [5, 5.41) is 0. The van der Waals surface area contributed by atoms with E-state index in [0.717, 1.165) is 11.1 Å². The van der Waals surface area contributed by atoms with E-state index < -0.39 is 0 Å². The summed E-state index contributed by atoms with van der Waals surface area (Å²) in [5.41, 5.74) is 2.33. The Morgan fingerprint density at radius 3 is 1.14 bits per heavy atom. The Bertz CT molecular complexity index is 572. The third-order valence-electron chi connectivity index (χ3n) is 2.82. The number of rotatable bonds is 6. The average molecular weight is 421 g/mol. The summed E-state index contributed by atoms with van der Waals surface area (Å²) in [5.74, 6) is 0. The average Bonchev–Trinajstić information content (AvgIpc) is 2.73. The van der Waals surface area contributed by atoms with Gasteiger partial charge in [-0.05, 0) is 51.0 Å². The molecule has 0 N–H and O–H groups in total. The molecule has 0 aromatic heterocycles. The van der Waals surface area contributed by atoms with Crippen LogP contribution in [0.1, 0.15) is 38.8 Å². The van der Waals surface area contributed by atoms with Gasteiger partial charge >= 0.3 is 0 Å². The molecule has 2 aromatic rings. The van der Waals surface area contributed by atoms with Crippen LogP contribution in [-0.2, 0) is 34.5 Å². The van der Waals surface area contributed by atoms with Gasteiger partial charge in [0.25, 0.3) is 0 Å². The van der Waals surface area contributed by atoms with Gasteiger partial charge in [-0.15, -0.1) is 0 Å². The Labute approximate surface area is 179 Å². The van der Waals surface area contributed by atoms with E-state index in [2.05, 4.69) is 25.1 Å². The standard InChI is InChI=1S/2C11H14O.2OS/c2*1-10(2)12-9-8-11-6-4-3-5-7-11;2*1-2/h2*3-10H,1-2H3;;/b9-8+;9-8-;;. The minimum Gasteiger partial charge on any atom is -0.499 e. The lowest BCUT2D eigenvalue weighted by molar-refractivity contribution is 0.181. The second-order valence-corrected chi connectivity index (χ2v) is 5.80. The van der Waals surface area contributed by atoms with Crippen LogP contribution in [0.15, 0.2) is 73.2 Å². The van der Waals surface area contributed by atoms with Crippen molar-refractivity contribution >= 4 is 37.2 Å². The van der Waals surface area contributed by atoms with E-state index in [1.54, 1.807) is 12.5 Å². The zero-order valence-electron chi connectivity index (χ0n) is 16.7. The Balaban J connectivity index is 0. The molecule has 0 aliphatic rings. The molecule has 0 unspecified atom stereocenters. The quantitative estimate of drug-likeness (QED) is 0.576. The van der Waals surface area contributed by atoms with Gasteiger partial charge in [0.05, 0.1) is 24.7 Å². The molecule has 4 nitrogen and oxygen atoms in total. The molecular formula is C22H28O4S2. The molecule has 0 atom stereocenters. The molecule has 0 amide bonds. The molecule has 6 heteroatoms. The third kappa shape index (κ3) is 18.4. The molecule has 0 heterocycles. The number of hydrogen-bond donors (Lipinski definition) is 0. The van der Waals surface area contributed by atoms with Crippen LogP contribution in [0.2, 0.25) is 0 Å². The van der Waals surface area contributed by atoms with Crippen LogP contribution >= 0.6 is 0 Å².